The number of carboxylic acid groups (broad SMARTS) is 1. The molecule has 4 nitrogen and oxygen atoms in total. The maximum Gasteiger partial charge on any atom is 0.320 e. The summed E-state index contributed by atoms with van der Waals surface area (Å²) in [7, 11) is 0. The van der Waals surface area contributed by atoms with Crippen molar-refractivity contribution in [3.8, 4) is 0 Å². The van der Waals surface area contributed by atoms with Crippen LogP contribution in [0.1, 0.15) is 39.5 Å². The summed E-state index contributed by atoms with van der Waals surface area (Å²) in [6, 6.07) is -0.374. The van der Waals surface area contributed by atoms with E-state index < -0.39 is 5.97 Å². The van der Waals surface area contributed by atoms with Gasteiger partial charge in [-0.2, -0.15) is 0 Å². The highest BCUT2D eigenvalue weighted by atomic mass is 16.4. The zero-order valence-electron chi connectivity index (χ0n) is 11.1. The third-order valence-corrected chi connectivity index (χ3v) is 3.36. The van der Waals surface area contributed by atoms with Gasteiger partial charge < -0.3 is 15.3 Å². The van der Waals surface area contributed by atoms with Crippen LogP contribution in [0.4, 0.5) is 0 Å². The highest BCUT2D eigenvalue weighted by Gasteiger charge is 2.18. The number of nitrogens with zero attached hydrogens (tertiary/aromatic N) is 1. The molecule has 1 rings (SSSR count). The molecular formula is C13H26N2O2. The first kappa shape index (κ1) is 14.5. The van der Waals surface area contributed by atoms with Crippen LogP contribution in [0.2, 0.25) is 0 Å². The van der Waals surface area contributed by atoms with Crippen molar-refractivity contribution >= 4 is 5.97 Å². The normalized spacial score (nSPS) is 20.4. The minimum atomic E-state index is -0.722. The molecule has 0 aromatic rings. The van der Waals surface area contributed by atoms with Crippen LogP contribution >= 0.6 is 0 Å². The monoisotopic (exact) mass is 242 g/mol. The Morgan fingerprint density at radius 3 is 2.59 bits per heavy atom. The smallest absolute Gasteiger partial charge is 0.320 e. The van der Waals surface area contributed by atoms with Gasteiger partial charge in [-0.15, -0.1) is 0 Å². The van der Waals surface area contributed by atoms with Gasteiger partial charge in [-0.3, -0.25) is 4.79 Å². The molecule has 2 unspecified atom stereocenters. The topological polar surface area (TPSA) is 52.6 Å². The van der Waals surface area contributed by atoms with Crippen LogP contribution < -0.4 is 5.32 Å². The molecule has 1 heterocycles. The number of aliphatic carboxylic acids is 1. The Kier molecular flexibility index (Phi) is 6.52. The molecule has 0 aliphatic carbocycles. The maximum atomic E-state index is 11.0. The molecule has 0 aromatic heterocycles. The highest BCUT2D eigenvalue weighted by Crippen LogP contribution is 2.10. The Balaban J connectivity index is 2.20. The summed E-state index contributed by atoms with van der Waals surface area (Å²) in [6.45, 7) is 8.52. The van der Waals surface area contributed by atoms with Crippen LogP contribution in [0.15, 0.2) is 0 Å². The summed E-state index contributed by atoms with van der Waals surface area (Å²) in [6.07, 6.45) is 4.25. The number of nitrogens with one attached hydrogen (secondary N) is 1. The van der Waals surface area contributed by atoms with Gasteiger partial charge in [0.05, 0.1) is 0 Å². The number of hydrogen-bond donors (Lipinski definition) is 2. The molecule has 0 radical (unpaired) electrons. The first-order valence-corrected chi connectivity index (χ1v) is 6.82. The predicted octanol–water partition coefficient (Wildman–Crippen LogP) is 1.56. The SMILES string of the molecule is CCCC(NCC(C)CN1CCCC1)C(=O)O. The Hall–Kier alpha value is -0.610. The zero-order valence-corrected chi connectivity index (χ0v) is 11.1. The molecule has 0 saturated carbocycles. The van der Waals surface area contributed by atoms with E-state index in [9.17, 15) is 4.79 Å². The van der Waals surface area contributed by atoms with Gasteiger partial charge in [0.2, 0.25) is 0 Å². The lowest BCUT2D eigenvalue weighted by molar-refractivity contribution is -0.139. The van der Waals surface area contributed by atoms with Gasteiger partial charge in [-0.1, -0.05) is 20.3 Å². The van der Waals surface area contributed by atoms with E-state index in [1.165, 1.54) is 25.9 Å². The molecule has 100 valence electrons. The van der Waals surface area contributed by atoms with E-state index in [4.69, 9.17) is 5.11 Å². The Morgan fingerprint density at radius 1 is 1.41 bits per heavy atom. The number of carbonyl (C=O) groups is 1. The van der Waals surface area contributed by atoms with E-state index in [-0.39, 0.29) is 6.04 Å². The van der Waals surface area contributed by atoms with Crippen molar-refractivity contribution in [2.24, 2.45) is 5.92 Å². The molecule has 1 fully saturated rings. The largest absolute Gasteiger partial charge is 0.480 e. The van der Waals surface area contributed by atoms with Crippen LogP contribution in [-0.4, -0.2) is 48.2 Å². The van der Waals surface area contributed by atoms with Crippen molar-refractivity contribution in [3.05, 3.63) is 0 Å². The number of rotatable bonds is 8. The average molecular weight is 242 g/mol. The fourth-order valence-electron chi connectivity index (χ4n) is 2.42. The quantitative estimate of drug-likeness (QED) is 0.678. The number of likely N-dealkylation sites (tertiary alicyclic amines) is 1. The molecule has 0 bridgehead atoms. The van der Waals surface area contributed by atoms with Crippen molar-refractivity contribution in [2.75, 3.05) is 26.2 Å². The van der Waals surface area contributed by atoms with E-state index in [1.54, 1.807) is 0 Å². The molecule has 0 amide bonds. The molecule has 1 saturated heterocycles. The zero-order chi connectivity index (χ0) is 12.7. The molecule has 2 atom stereocenters. The Bertz CT molecular complexity index is 227. The van der Waals surface area contributed by atoms with Gasteiger partial charge in [0.1, 0.15) is 6.04 Å². The second-order valence-corrected chi connectivity index (χ2v) is 5.20. The minimum absolute atomic E-state index is 0.374. The first-order valence-electron chi connectivity index (χ1n) is 6.82. The van der Waals surface area contributed by atoms with Crippen molar-refractivity contribution in [2.45, 2.75) is 45.6 Å². The number of hydrogen-bond acceptors (Lipinski definition) is 3. The lowest BCUT2D eigenvalue weighted by Crippen LogP contribution is -2.41. The Labute approximate surface area is 104 Å². The van der Waals surface area contributed by atoms with Crippen molar-refractivity contribution in [1.82, 2.24) is 10.2 Å². The van der Waals surface area contributed by atoms with Crippen molar-refractivity contribution < 1.29 is 9.90 Å². The molecule has 1 aliphatic heterocycles. The second kappa shape index (κ2) is 7.67. The fraction of sp³-hybridized carbons (Fsp3) is 0.923. The van der Waals surface area contributed by atoms with E-state index in [0.717, 1.165) is 19.5 Å². The van der Waals surface area contributed by atoms with Crippen molar-refractivity contribution in [3.63, 3.8) is 0 Å². The van der Waals surface area contributed by atoms with E-state index in [0.29, 0.717) is 12.3 Å². The first-order chi connectivity index (χ1) is 8.13. The van der Waals surface area contributed by atoms with E-state index >= 15 is 0 Å². The van der Waals surface area contributed by atoms with Gasteiger partial charge in [0.25, 0.3) is 0 Å². The van der Waals surface area contributed by atoms with E-state index in [1.807, 2.05) is 6.92 Å². The molecule has 0 spiro atoms. The lowest BCUT2D eigenvalue weighted by atomic mass is 10.1. The van der Waals surface area contributed by atoms with Crippen LogP contribution in [0, 0.1) is 5.92 Å². The van der Waals surface area contributed by atoms with Crippen LogP contribution in [-0.2, 0) is 4.79 Å². The van der Waals surface area contributed by atoms with Gasteiger partial charge in [0, 0.05) is 6.54 Å². The average Bonchev–Trinajstić information content (AvgIpc) is 2.76. The van der Waals surface area contributed by atoms with Crippen molar-refractivity contribution in [1.29, 1.82) is 0 Å². The maximum absolute atomic E-state index is 11.0. The minimum Gasteiger partial charge on any atom is -0.480 e. The third kappa shape index (κ3) is 5.50. The van der Waals surface area contributed by atoms with Gasteiger partial charge >= 0.3 is 5.97 Å². The summed E-state index contributed by atoms with van der Waals surface area (Å²) in [5.41, 5.74) is 0. The lowest BCUT2D eigenvalue weighted by Gasteiger charge is -2.22. The van der Waals surface area contributed by atoms with Gasteiger partial charge in [-0.25, -0.2) is 0 Å². The molecule has 4 heteroatoms. The predicted molar refractivity (Wildman–Crippen MR) is 69.2 cm³/mol. The summed E-state index contributed by atoms with van der Waals surface area (Å²) >= 11 is 0. The summed E-state index contributed by atoms with van der Waals surface area (Å²) in [4.78, 5) is 13.4. The van der Waals surface area contributed by atoms with Crippen LogP contribution in [0.5, 0.6) is 0 Å². The molecular weight excluding hydrogens is 216 g/mol. The highest BCUT2D eigenvalue weighted by molar-refractivity contribution is 5.73. The molecule has 17 heavy (non-hydrogen) atoms. The third-order valence-electron chi connectivity index (χ3n) is 3.36. The second-order valence-electron chi connectivity index (χ2n) is 5.20. The fourth-order valence-corrected chi connectivity index (χ4v) is 2.42. The summed E-state index contributed by atoms with van der Waals surface area (Å²) in [5, 5.41) is 12.2. The van der Waals surface area contributed by atoms with Crippen LogP contribution in [0.3, 0.4) is 0 Å². The van der Waals surface area contributed by atoms with Gasteiger partial charge in [-0.05, 0) is 44.8 Å². The molecule has 2 N–H and O–H groups in total. The van der Waals surface area contributed by atoms with Crippen LogP contribution in [0.25, 0.3) is 0 Å². The van der Waals surface area contributed by atoms with E-state index in [2.05, 4.69) is 17.1 Å². The summed E-state index contributed by atoms with van der Waals surface area (Å²) in [5.74, 6) is -0.202. The number of carboxylic acids is 1. The molecule has 0 aromatic carbocycles. The summed E-state index contributed by atoms with van der Waals surface area (Å²) < 4.78 is 0. The molecule has 1 aliphatic rings. The van der Waals surface area contributed by atoms with Gasteiger partial charge in [0.15, 0.2) is 0 Å². The Morgan fingerprint density at radius 2 is 2.06 bits per heavy atom. The standard InChI is InChI=1S/C13H26N2O2/c1-3-6-12(13(16)17)14-9-11(2)10-15-7-4-5-8-15/h11-12,14H,3-10H2,1-2H3,(H,16,17).